The minimum atomic E-state index is -0.901. The summed E-state index contributed by atoms with van der Waals surface area (Å²) in [6.07, 6.45) is 3.08. The number of carboxylic acids is 1. The maximum absolute atomic E-state index is 10.8. The number of aromatic amines is 1. The third-order valence-corrected chi connectivity index (χ3v) is 3.47. The first-order valence-electron chi connectivity index (χ1n) is 6.70. The molecule has 0 aliphatic carbocycles. The molecule has 2 heterocycles. The molecule has 0 saturated carbocycles. The van der Waals surface area contributed by atoms with Crippen molar-refractivity contribution in [2.45, 2.75) is 13.0 Å². The van der Waals surface area contributed by atoms with E-state index in [9.17, 15) is 4.79 Å². The highest BCUT2D eigenvalue weighted by Gasteiger charge is 2.17. The molecule has 0 radical (unpaired) electrons. The van der Waals surface area contributed by atoms with Gasteiger partial charge in [0.2, 0.25) is 5.82 Å². The number of H-pyrrole nitrogens is 1. The van der Waals surface area contributed by atoms with Gasteiger partial charge in [-0.05, 0) is 29.3 Å². The second-order valence-corrected chi connectivity index (χ2v) is 4.97. The summed E-state index contributed by atoms with van der Waals surface area (Å²) in [7, 11) is 0. The first-order chi connectivity index (χ1) is 10.2. The number of carbonyl (C=O) groups is 1. The van der Waals surface area contributed by atoms with Gasteiger partial charge < -0.3 is 5.11 Å². The second kappa shape index (κ2) is 5.84. The van der Waals surface area contributed by atoms with Crippen LogP contribution in [0.15, 0.2) is 30.3 Å². The van der Waals surface area contributed by atoms with Gasteiger partial charge in [0.1, 0.15) is 0 Å². The first-order valence-corrected chi connectivity index (χ1v) is 6.70. The zero-order chi connectivity index (χ0) is 14.7. The van der Waals surface area contributed by atoms with Crippen LogP contribution >= 0.6 is 0 Å². The standard InChI is InChI=1S/C14H15N5O2/c20-14(21)11-5-3-10(4-6-11)8-19-7-1-2-12(9-19)13-15-17-18-16-13/h2-6H,1,7-9H2,(H,20,21)(H,15,16,17,18). The minimum absolute atomic E-state index is 0.310. The number of benzene rings is 1. The number of hydrogen-bond acceptors (Lipinski definition) is 5. The van der Waals surface area contributed by atoms with Gasteiger partial charge in [0.25, 0.3) is 0 Å². The molecular weight excluding hydrogens is 270 g/mol. The predicted octanol–water partition coefficient (Wildman–Crippen LogP) is 1.19. The highest BCUT2D eigenvalue weighted by atomic mass is 16.4. The molecule has 1 aliphatic rings. The molecule has 0 atom stereocenters. The lowest BCUT2D eigenvalue weighted by Gasteiger charge is -2.26. The van der Waals surface area contributed by atoms with E-state index in [0.717, 1.165) is 37.2 Å². The molecule has 0 amide bonds. The van der Waals surface area contributed by atoms with Crippen molar-refractivity contribution in [2.75, 3.05) is 13.1 Å². The topological polar surface area (TPSA) is 95.0 Å². The van der Waals surface area contributed by atoms with E-state index in [1.54, 1.807) is 12.1 Å². The Morgan fingerprint density at radius 3 is 2.81 bits per heavy atom. The van der Waals surface area contributed by atoms with Crippen LogP contribution in [0.3, 0.4) is 0 Å². The number of aromatic carboxylic acids is 1. The molecule has 1 aromatic heterocycles. The number of tetrazole rings is 1. The summed E-state index contributed by atoms with van der Waals surface area (Å²) in [5, 5.41) is 23.0. The van der Waals surface area contributed by atoms with Crippen molar-refractivity contribution >= 4 is 11.5 Å². The van der Waals surface area contributed by atoms with E-state index in [1.807, 2.05) is 12.1 Å². The minimum Gasteiger partial charge on any atom is -0.478 e. The summed E-state index contributed by atoms with van der Waals surface area (Å²) >= 11 is 0. The maximum Gasteiger partial charge on any atom is 0.335 e. The molecular formula is C14H15N5O2. The normalized spacial score (nSPS) is 15.7. The Morgan fingerprint density at radius 1 is 1.33 bits per heavy atom. The van der Waals surface area contributed by atoms with Gasteiger partial charge in [-0.3, -0.25) is 4.90 Å². The summed E-state index contributed by atoms with van der Waals surface area (Å²) in [5.74, 6) is -0.261. The van der Waals surface area contributed by atoms with Crippen LogP contribution in [0.25, 0.3) is 5.57 Å². The number of hydrogen-bond donors (Lipinski definition) is 2. The van der Waals surface area contributed by atoms with E-state index in [2.05, 4.69) is 31.6 Å². The lowest BCUT2D eigenvalue weighted by molar-refractivity contribution is 0.0697. The first kappa shape index (κ1) is 13.4. The highest BCUT2D eigenvalue weighted by Crippen LogP contribution is 2.19. The molecule has 0 unspecified atom stereocenters. The van der Waals surface area contributed by atoms with Crippen LogP contribution in [-0.4, -0.2) is 49.7 Å². The third-order valence-electron chi connectivity index (χ3n) is 3.47. The van der Waals surface area contributed by atoms with Crippen LogP contribution in [0.1, 0.15) is 28.2 Å². The van der Waals surface area contributed by atoms with E-state index >= 15 is 0 Å². The van der Waals surface area contributed by atoms with Crippen molar-refractivity contribution in [2.24, 2.45) is 0 Å². The van der Waals surface area contributed by atoms with E-state index in [-0.39, 0.29) is 0 Å². The Labute approximate surface area is 121 Å². The molecule has 0 spiro atoms. The molecule has 0 fully saturated rings. The van der Waals surface area contributed by atoms with Crippen LogP contribution in [0.5, 0.6) is 0 Å². The van der Waals surface area contributed by atoms with E-state index < -0.39 is 5.97 Å². The summed E-state index contributed by atoms with van der Waals surface area (Å²) < 4.78 is 0. The van der Waals surface area contributed by atoms with Crippen LogP contribution < -0.4 is 0 Å². The van der Waals surface area contributed by atoms with Crippen LogP contribution in [0, 0.1) is 0 Å². The van der Waals surface area contributed by atoms with Gasteiger partial charge in [-0.2, -0.15) is 5.21 Å². The van der Waals surface area contributed by atoms with Crippen molar-refractivity contribution in [3.63, 3.8) is 0 Å². The van der Waals surface area contributed by atoms with Crippen molar-refractivity contribution in [3.05, 3.63) is 47.3 Å². The molecule has 0 bridgehead atoms. The maximum atomic E-state index is 10.8. The van der Waals surface area contributed by atoms with Gasteiger partial charge >= 0.3 is 5.97 Å². The number of carboxylic acid groups (broad SMARTS) is 1. The predicted molar refractivity (Wildman–Crippen MR) is 75.5 cm³/mol. The SMILES string of the molecule is O=C(O)c1ccc(CN2CCC=C(c3nn[nH]n3)C2)cc1. The van der Waals surface area contributed by atoms with E-state index in [4.69, 9.17) is 5.11 Å². The van der Waals surface area contributed by atoms with Crippen molar-refractivity contribution in [1.82, 2.24) is 25.5 Å². The van der Waals surface area contributed by atoms with Gasteiger partial charge in [0.15, 0.2) is 0 Å². The second-order valence-electron chi connectivity index (χ2n) is 4.97. The molecule has 1 aliphatic heterocycles. The molecule has 7 heteroatoms. The van der Waals surface area contributed by atoms with Crippen LogP contribution in [0.4, 0.5) is 0 Å². The monoisotopic (exact) mass is 285 g/mol. The Bertz CT molecular complexity index is 649. The lowest BCUT2D eigenvalue weighted by atomic mass is 10.1. The third kappa shape index (κ3) is 3.14. The van der Waals surface area contributed by atoms with E-state index in [1.165, 1.54) is 0 Å². The molecule has 7 nitrogen and oxygen atoms in total. The van der Waals surface area contributed by atoms with E-state index in [0.29, 0.717) is 11.4 Å². The fourth-order valence-electron chi connectivity index (χ4n) is 2.41. The molecule has 0 saturated heterocycles. The summed E-state index contributed by atoms with van der Waals surface area (Å²) in [6.45, 7) is 2.50. The Balaban J connectivity index is 1.66. The highest BCUT2D eigenvalue weighted by molar-refractivity contribution is 5.87. The zero-order valence-electron chi connectivity index (χ0n) is 11.4. The number of aromatic nitrogens is 4. The quantitative estimate of drug-likeness (QED) is 0.876. The number of nitrogens with one attached hydrogen (secondary N) is 1. The molecule has 108 valence electrons. The summed E-state index contributed by atoms with van der Waals surface area (Å²) in [4.78, 5) is 13.1. The number of rotatable bonds is 4. The van der Waals surface area contributed by atoms with Crippen molar-refractivity contribution in [3.8, 4) is 0 Å². The van der Waals surface area contributed by atoms with Crippen molar-refractivity contribution < 1.29 is 9.90 Å². The van der Waals surface area contributed by atoms with Crippen LogP contribution in [-0.2, 0) is 6.54 Å². The van der Waals surface area contributed by atoms with Gasteiger partial charge in [0, 0.05) is 25.2 Å². The molecule has 21 heavy (non-hydrogen) atoms. The average molecular weight is 285 g/mol. The summed E-state index contributed by atoms with van der Waals surface area (Å²) in [6, 6.07) is 6.99. The fourth-order valence-corrected chi connectivity index (χ4v) is 2.41. The molecule has 1 aromatic carbocycles. The fraction of sp³-hybridized carbons (Fsp3) is 0.286. The molecule has 2 aromatic rings. The summed E-state index contributed by atoms with van der Waals surface area (Å²) in [5.41, 5.74) is 2.47. The Kier molecular flexibility index (Phi) is 3.74. The lowest BCUT2D eigenvalue weighted by Crippen LogP contribution is -2.29. The van der Waals surface area contributed by atoms with Gasteiger partial charge in [-0.1, -0.05) is 18.2 Å². The van der Waals surface area contributed by atoms with Gasteiger partial charge in [-0.25, -0.2) is 4.79 Å². The average Bonchev–Trinajstić information content (AvgIpc) is 3.02. The molecule has 3 rings (SSSR count). The molecule has 2 N–H and O–H groups in total. The van der Waals surface area contributed by atoms with Crippen LogP contribution in [0.2, 0.25) is 0 Å². The largest absolute Gasteiger partial charge is 0.478 e. The Hall–Kier alpha value is -2.54. The Morgan fingerprint density at radius 2 is 2.14 bits per heavy atom. The number of nitrogens with zero attached hydrogens (tertiary/aromatic N) is 4. The van der Waals surface area contributed by atoms with Gasteiger partial charge in [-0.15, -0.1) is 10.2 Å². The van der Waals surface area contributed by atoms with Crippen molar-refractivity contribution in [1.29, 1.82) is 0 Å². The smallest absolute Gasteiger partial charge is 0.335 e. The van der Waals surface area contributed by atoms with Gasteiger partial charge in [0.05, 0.1) is 5.56 Å². The zero-order valence-corrected chi connectivity index (χ0v) is 11.4.